The fourth-order valence-corrected chi connectivity index (χ4v) is 5.89. The summed E-state index contributed by atoms with van der Waals surface area (Å²) in [6.45, 7) is 5.00. The van der Waals surface area contributed by atoms with Crippen molar-refractivity contribution in [3.8, 4) is 16.9 Å². The molecule has 198 valence electrons. The van der Waals surface area contributed by atoms with Gasteiger partial charge in [0.2, 0.25) is 0 Å². The van der Waals surface area contributed by atoms with Crippen molar-refractivity contribution in [1.82, 2.24) is 24.9 Å². The molecule has 2 amide bonds. The van der Waals surface area contributed by atoms with Crippen LogP contribution in [0.3, 0.4) is 0 Å². The molecule has 0 bridgehead atoms. The fourth-order valence-electron chi connectivity index (χ4n) is 5.89. The summed E-state index contributed by atoms with van der Waals surface area (Å²) in [6.07, 6.45) is 5.61. The molecule has 1 saturated carbocycles. The van der Waals surface area contributed by atoms with Crippen LogP contribution in [0.1, 0.15) is 36.8 Å². The van der Waals surface area contributed by atoms with Crippen LogP contribution in [0.4, 0.5) is 10.6 Å². The van der Waals surface area contributed by atoms with Gasteiger partial charge in [-0.25, -0.2) is 9.48 Å². The van der Waals surface area contributed by atoms with Gasteiger partial charge in [-0.15, -0.1) is 0 Å². The number of carbonyl (C=O) groups excluding carboxylic acids is 1. The maximum Gasteiger partial charge on any atom is 0.320 e. The van der Waals surface area contributed by atoms with Gasteiger partial charge >= 0.3 is 6.03 Å². The summed E-state index contributed by atoms with van der Waals surface area (Å²) < 4.78 is 8.93. The number of nitrogens with zero attached hydrogens (tertiary/aromatic N) is 4. The Bertz CT molecular complexity index is 1360. The monoisotopic (exact) mass is 512 g/mol. The summed E-state index contributed by atoms with van der Waals surface area (Å²) in [5, 5.41) is 15.7. The summed E-state index contributed by atoms with van der Waals surface area (Å²) in [5.41, 5.74) is 4.70. The van der Waals surface area contributed by atoms with Crippen LogP contribution >= 0.6 is 0 Å². The van der Waals surface area contributed by atoms with E-state index in [0.29, 0.717) is 17.7 Å². The van der Waals surface area contributed by atoms with Crippen LogP contribution in [0.2, 0.25) is 0 Å². The summed E-state index contributed by atoms with van der Waals surface area (Å²) in [7, 11) is 3.63. The third-order valence-corrected chi connectivity index (χ3v) is 7.83. The Labute approximate surface area is 224 Å². The number of methoxy groups -OCH3 is 1. The number of aromatic nitrogens is 4. The molecule has 2 heterocycles. The first kappa shape index (κ1) is 25.7. The van der Waals surface area contributed by atoms with Gasteiger partial charge in [0.15, 0.2) is 0 Å². The van der Waals surface area contributed by atoms with Gasteiger partial charge in [-0.2, -0.15) is 10.2 Å². The van der Waals surface area contributed by atoms with E-state index in [0.717, 1.165) is 42.0 Å². The zero-order valence-corrected chi connectivity index (χ0v) is 22.5. The van der Waals surface area contributed by atoms with Crippen LogP contribution in [0.15, 0.2) is 73.1 Å². The molecule has 0 aliphatic heterocycles. The summed E-state index contributed by atoms with van der Waals surface area (Å²) >= 11 is 0. The lowest BCUT2D eigenvalue weighted by molar-refractivity contribution is 0.168. The van der Waals surface area contributed by atoms with Gasteiger partial charge in [0.05, 0.1) is 11.9 Å². The van der Waals surface area contributed by atoms with Crippen LogP contribution in [0.5, 0.6) is 0 Å². The van der Waals surface area contributed by atoms with Gasteiger partial charge in [0, 0.05) is 50.0 Å². The number of benzene rings is 2. The molecule has 1 aliphatic rings. The first-order valence-corrected chi connectivity index (χ1v) is 13.2. The topological polar surface area (TPSA) is 86.0 Å². The highest BCUT2D eigenvalue weighted by atomic mass is 16.5. The zero-order valence-electron chi connectivity index (χ0n) is 22.5. The van der Waals surface area contributed by atoms with Gasteiger partial charge in [-0.1, -0.05) is 55.5 Å². The molecule has 4 aromatic rings. The van der Waals surface area contributed by atoms with E-state index in [2.05, 4.69) is 46.9 Å². The molecule has 2 aromatic heterocycles. The molecular weight excluding hydrogens is 476 g/mol. The molecule has 0 radical (unpaired) electrons. The average Bonchev–Trinajstić information content (AvgIpc) is 3.59. The normalized spacial score (nSPS) is 20.9. The predicted molar refractivity (Wildman–Crippen MR) is 149 cm³/mol. The van der Waals surface area contributed by atoms with Crippen LogP contribution in [0.25, 0.3) is 16.9 Å². The number of hydrogen-bond donors (Lipinski definition) is 2. The van der Waals surface area contributed by atoms with Crippen molar-refractivity contribution in [2.24, 2.45) is 18.9 Å². The number of amides is 2. The lowest BCUT2D eigenvalue weighted by Crippen LogP contribution is -2.40. The SMILES string of the molecule is COCC[C@@H]1C[C@@H](NC(=O)Nc2c(C)c(-c3cnn(C)c3)nn2-c2ccccc2)[C@H](c2ccccc2)[C@@H]1C. The molecule has 1 aliphatic carbocycles. The van der Waals surface area contributed by atoms with Crippen molar-refractivity contribution in [2.75, 3.05) is 19.0 Å². The molecule has 0 unspecified atom stereocenters. The first-order chi connectivity index (χ1) is 18.5. The Balaban J connectivity index is 1.43. The van der Waals surface area contributed by atoms with E-state index in [9.17, 15) is 4.79 Å². The summed E-state index contributed by atoms with van der Waals surface area (Å²) in [4.78, 5) is 13.6. The van der Waals surface area contributed by atoms with Crippen LogP contribution in [-0.4, -0.2) is 45.4 Å². The summed E-state index contributed by atoms with van der Waals surface area (Å²) in [6, 6.07) is 20.2. The quantitative estimate of drug-likeness (QED) is 0.324. The number of anilines is 1. The lowest BCUT2D eigenvalue weighted by Gasteiger charge is -2.25. The standard InChI is InChI=1S/C30H36N6O2/c1-20-23(15-16-38-4)17-26(27(20)22-11-7-5-8-12-22)32-30(37)33-29-21(2)28(24-18-31-35(3)19-24)34-36(29)25-13-9-6-10-14-25/h5-14,18-20,23,26-27H,15-17H2,1-4H3,(H2,32,33,37)/t20-,23-,26-,27+/m1/s1. The molecule has 8 heteroatoms. The van der Waals surface area contributed by atoms with Crippen LogP contribution < -0.4 is 10.6 Å². The Morgan fingerprint density at radius 3 is 2.47 bits per heavy atom. The second-order valence-electron chi connectivity index (χ2n) is 10.3. The maximum absolute atomic E-state index is 13.6. The van der Waals surface area contributed by atoms with Crippen molar-refractivity contribution in [3.63, 3.8) is 0 Å². The molecule has 8 nitrogen and oxygen atoms in total. The molecule has 4 atom stereocenters. The first-order valence-electron chi connectivity index (χ1n) is 13.2. The van der Waals surface area contributed by atoms with E-state index in [-0.39, 0.29) is 18.0 Å². The Morgan fingerprint density at radius 1 is 1.11 bits per heavy atom. The van der Waals surface area contributed by atoms with Gasteiger partial charge in [-0.05, 0) is 49.3 Å². The lowest BCUT2D eigenvalue weighted by atomic mass is 9.84. The van der Waals surface area contributed by atoms with E-state index in [4.69, 9.17) is 9.84 Å². The minimum absolute atomic E-state index is 0.0143. The number of carbonyl (C=O) groups is 1. The fraction of sp³-hybridized carbons (Fsp3) is 0.367. The van der Waals surface area contributed by atoms with Crippen LogP contribution in [-0.2, 0) is 11.8 Å². The van der Waals surface area contributed by atoms with E-state index in [1.165, 1.54) is 5.56 Å². The Morgan fingerprint density at radius 2 is 1.82 bits per heavy atom. The molecule has 38 heavy (non-hydrogen) atoms. The number of ether oxygens (including phenoxy) is 1. The average molecular weight is 513 g/mol. The number of nitrogens with one attached hydrogen (secondary N) is 2. The maximum atomic E-state index is 13.6. The largest absolute Gasteiger partial charge is 0.385 e. The smallest absolute Gasteiger partial charge is 0.320 e. The minimum atomic E-state index is -0.228. The molecule has 5 rings (SSSR count). The number of urea groups is 1. The van der Waals surface area contributed by atoms with E-state index in [1.54, 1.807) is 22.7 Å². The summed E-state index contributed by atoms with van der Waals surface area (Å²) in [5.74, 6) is 1.77. The van der Waals surface area contributed by atoms with Gasteiger partial charge in [0.1, 0.15) is 11.5 Å². The van der Waals surface area contributed by atoms with Gasteiger partial charge in [-0.3, -0.25) is 10.00 Å². The molecule has 0 saturated heterocycles. The van der Waals surface area contributed by atoms with Gasteiger partial charge in [0.25, 0.3) is 0 Å². The molecule has 0 spiro atoms. The zero-order chi connectivity index (χ0) is 26.6. The van der Waals surface area contributed by atoms with E-state index in [1.807, 2.05) is 56.6 Å². The van der Waals surface area contributed by atoms with Crippen LogP contribution in [0, 0.1) is 18.8 Å². The number of para-hydroxylation sites is 1. The van der Waals surface area contributed by atoms with Crippen molar-refractivity contribution in [1.29, 1.82) is 0 Å². The second-order valence-corrected chi connectivity index (χ2v) is 10.3. The molecule has 2 aromatic carbocycles. The Hall–Kier alpha value is -3.91. The van der Waals surface area contributed by atoms with E-state index >= 15 is 0 Å². The molecular formula is C30H36N6O2. The van der Waals surface area contributed by atoms with Crippen molar-refractivity contribution in [2.45, 2.75) is 38.6 Å². The highest BCUT2D eigenvalue weighted by Crippen LogP contribution is 2.45. The van der Waals surface area contributed by atoms with Crippen molar-refractivity contribution < 1.29 is 9.53 Å². The molecule has 1 fully saturated rings. The highest BCUT2D eigenvalue weighted by molar-refractivity contribution is 5.91. The predicted octanol–water partition coefficient (Wildman–Crippen LogP) is 5.55. The van der Waals surface area contributed by atoms with Gasteiger partial charge < -0.3 is 10.1 Å². The third-order valence-electron chi connectivity index (χ3n) is 7.83. The van der Waals surface area contributed by atoms with E-state index < -0.39 is 0 Å². The third kappa shape index (κ3) is 5.22. The van der Waals surface area contributed by atoms with Crippen molar-refractivity contribution in [3.05, 3.63) is 84.2 Å². The highest BCUT2D eigenvalue weighted by Gasteiger charge is 2.42. The number of aryl methyl sites for hydroxylation is 1. The Kier molecular flexibility index (Phi) is 7.60. The van der Waals surface area contributed by atoms with Crippen molar-refractivity contribution >= 4 is 11.8 Å². The number of hydrogen-bond acceptors (Lipinski definition) is 4. The number of rotatable bonds is 8. The molecule has 2 N–H and O–H groups in total. The second kappa shape index (κ2) is 11.2. The minimum Gasteiger partial charge on any atom is -0.385 e.